The zero-order chi connectivity index (χ0) is 37.3. The summed E-state index contributed by atoms with van der Waals surface area (Å²) in [7, 11) is 0. The van der Waals surface area contributed by atoms with Crippen LogP contribution in [-0.2, 0) is 4.74 Å². The Bertz CT molecular complexity index is 2230. The maximum Gasteiger partial charge on any atom is 0.407 e. The van der Waals surface area contributed by atoms with Gasteiger partial charge in [0.05, 0.1) is 0 Å². The number of ether oxygens (including phenoxy) is 1. The molecule has 0 unspecified atom stereocenters. The highest BCUT2D eigenvalue weighted by Crippen LogP contribution is 2.30. The minimum absolute atomic E-state index is 0.0114. The van der Waals surface area contributed by atoms with Crippen molar-refractivity contribution in [3.8, 4) is 46.3 Å². The fourth-order valence-corrected chi connectivity index (χ4v) is 5.24. The summed E-state index contributed by atoms with van der Waals surface area (Å²) in [4.78, 5) is 65.3. The van der Waals surface area contributed by atoms with Crippen molar-refractivity contribution in [3.05, 3.63) is 60.7 Å². The molecule has 6 aromatic rings. The molecule has 3 N–H and O–H groups in total. The van der Waals surface area contributed by atoms with Crippen LogP contribution in [0.15, 0.2) is 64.1 Å². The molecule has 12 bridgehead atoms. The number of nitrogens with zero attached hydrogens (tertiary/aromatic N) is 6. The second-order valence-corrected chi connectivity index (χ2v) is 13.4. The van der Waals surface area contributed by atoms with E-state index in [9.17, 15) is 14.4 Å². The molecular formula is C34H35N9O10. The summed E-state index contributed by atoms with van der Waals surface area (Å²) in [5.74, 6) is -0.665. The van der Waals surface area contributed by atoms with E-state index in [1.807, 2.05) is 13.8 Å². The van der Waals surface area contributed by atoms with Crippen LogP contribution in [0.3, 0.4) is 0 Å². The van der Waals surface area contributed by atoms with E-state index in [4.69, 9.17) is 31.2 Å². The third-order valence-electron chi connectivity index (χ3n) is 7.81. The SMILES string of the molecule is CC(C)[C@@H]1NC(=O)c2coc(n2)-c2coc(n2)-c2coc(n2)[C@H](CCCCNC(=O)OC(C)(C)C)NC(=O)c2coc(n2)-c2coc(n2)-c2coc1n2. The van der Waals surface area contributed by atoms with Crippen molar-refractivity contribution in [1.82, 2.24) is 45.9 Å². The highest BCUT2D eigenvalue weighted by atomic mass is 16.6. The Morgan fingerprint density at radius 1 is 0.679 bits per heavy atom. The summed E-state index contributed by atoms with van der Waals surface area (Å²) in [5.41, 5.74) is 0.210. The molecular weight excluding hydrogens is 694 g/mol. The first-order valence-electron chi connectivity index (χ1n) is 16.7. The Morgan fingerprint density at radius 3 is 1.68 bits per heavy atom. The minimum atomic E-state index is -0.736. The van der Waals surface area contributed by atoms with E-state index in [-0.39, 0.29) is 75.4 Å². The van der Waals surface area contributed by atoms with Gasteiger partial charge in [-0.15, -0.1) is 0 Å². The predicted octanol–water partition coefficient (Wildman–Crippen LogP) is 5.89. The van der Waals surface area contributed by atoms with Crippen molar-refractivity contribution in [1.29, 1.82) is 0 Å². The van der Waals surface area contributed by atoms with Crippen LogP contribution in [0.1, 0.15) is 98.7 Å². The van der Waals surface area contributed by atoms with Crippen molar-refractivity contribution < 1.29 is 45.6 Å². The maximum absolute atomic E-state index is 13.5. The summed E-state index contributed by atoms with van der Waals surface area (Å²) in [6.45, 7) is 9.46. The zero-order valence-electron chi connectivity index (χ0n) is 29.3. The summed E-state index contributed by atoms with van der Waals surface area (Å²) < 4.78 is 39.2. The van der Waals surface area contributed by atoms with E-state index in [1.165, 1.54) is 37.6 Å². The summed E-state index contributed by atoms with van der Waals surface area (Å²) >= 11 is 0. The number of carbonyl (C=O) groups excluding carboxylic acids is 3. The van der Waals surface area contributed by atoms with E-state index in [0.717, 1.165) is 0 Å². The van der Waals surface area contributed by atoms with Crippen LogP contribution < -0.4 is 16.0 Å². The third-order valence-corrected chi connectivity index (χ3v) is 7.81. The average Bonchev–Trinajstić information content (AvgIpc) is 3.95. The van der Waals surface area contributed by atoms with Gasteiger partial charge in [0.2, 0.25) is 35.3 Å². The Hall–Kier alpha value is -6.53. The van der Waals surface area contributed by atoms with Gasteiger partial charge in [-0.25, -0.2) is 34.7 Å². The molecule has 7 heterocycles. The molecule has 19 nitrogen and oxygen atoms in total. The highest BCUT2D eigenvalue weighted by molar-refractivity contribution is 5.93. The normalized spacial score (nSPS) is 16.2. The molecule has 0 saturated heterocycles. The third kappa shape index (κ3) is 7.87. The van der Waals surface area contributed by atoms with Gasteiger partial charge in [-0.3, -0.25) is 9.59 Å². The molecule has 0 fully saturated rings. The predicted molar refractivity (Wildman–Crippen MR) is 178 cm³/mol. The lowest BCUT2D eigenvalue weighted by molar-refractivity contribution is 0.0526. The number of hydrogen-bond acceptors (Lipinski definition) is 16. The molecule has 53 heavy (non-hydrogen) atoms. The van der Waals surface area contributed by atoms with Crippen LogP contribution in [0, 0.1) is 5.92 Å². The summed E-state index contributed by atoms with van der Waals surface area (Å²) in [6, 6.07) is -1.39. The van der Waals surface area contributed by atoms with Gasteiger partial charge in [0.25, 0.3) is 11.8 Å². The fourth-order valence-electron chi connectivity index (χ4n) is 5.24. The first-order chi connectivity index (χ1) is 25.4. The zero-order valence-corrected chi connectivity index (χ0v) is 29.3. The van der Waals surface area contributed by atoms with Crippen LogP contribution in [0.2, 0.25) is 0 Å². The van der Waals surface area contributed by atoms with Gasteiger partial charge < -0.3 is 47.2 Å². The van der Waals surface area contributed by atoms with E-state index >= 15 is 0 Å². The van der Waals surface area contributed by atoms with Crippen molar-refractivity contribution in [2.75, 3.05) is 6.54 Å². The van der Waals surface area contributed by atoms with Gasteiger partial charge in [-0.2, -0.15) is 0 Å². The van der Waals surface area contributed by atoms with Gasteiger partial charge in [0.1, 0.15) is 55.3 Å². The smallest absolute Gasteiger partial charge is 0.407 e. The molecule has 0 aliphatic carbocycles. The maximum atomic E-state index is 13.5. The van der Waals surface area contributed by atoms with E-state index in [2.05, 4.69) is 45.9 Å². The number of rotatable bonds is 6. The van der Waals surface area contributed by atoms with Gasteiger partial charge in [0, 0.05) is 6.54 Å². The summed E-state index contributed by atoms with van der Waals surface area (Å²) in [6.07, 6.45) is 8.64. The lowest BCUT2D eigenvalue weighted by Crippen LogP contribution is -2.33. The molecule has 276 valence electrons. The van der Waals surface area contributed by atoms with Crippen LogP contribution in [-0.4, -0.2) is 60.0 Å². The van der Waals surface area contributed by atoms with Gasteiger partial charge in [-0.05, 0) is 46.0 Å². The van der Waals surface area contributed by atoms with Crippen LogP contribution >= 0.6 is 0 Å². The number of unbranched alkanes of at least 4 members (excludes halogenated alkanes) is 1. The topological polar surface area (TPSA) is 253 Å². The Balaban J connectivity index is 1.17. The van der Waals surface area contributed by atoms with Crippen molar-refractivity contribution in [2.45, 2.75) is 71.6 Å². The number of aromatic nitrogens is 6. The number of amides is 3. The molecule has 1 aliphatic rings. The van der Waals surface area contributed by atoms with Gasteiger partial charge >= 0.3 is 6.09 Å². The Labute approximate surface area is 300 Å². The van der Waals surface area contributed by atoms with Crippen LogP contribution in [0.4, 0.5) is 4.79 Å². The van der Waals surface area contributed by atoms with Crippen LogP contribution in [0.5, 0.6) is 0 Å². The Kier molecular flexibility index (Phi) is 9.38. The second kappa shape index (κ2) is 14.2. The Morgan fingerprint density at radius 2 is 1.13 bits per heavy atom. The molecule has 0 radical (unpaired) electrons. The minimum Gasteiger partial charge on any atom is -0.446 e. The van der Waals surface area contributed by atoms with E-state index < -0.39 is 35.6 Å². The number of alkyl carbamates (subject to hydrolysis) is 1. The van der Waals surface area contributed by atoms with Gasteiger partial charge in [0.15, 0.2) is 34.2 Å². The molecule has 1 aliphatic heterocycles. The number of oxazole rings is 6. The highest BCUT2D eigenvalue weighted by Gasteiger charge is 2.29. The van der Waals surface area contributed by atoms with Gasteiger partial charge in [-0.1, -0.05) is 13.8 Å². The molecule has 7 rings (SSSR count). The first-order valence-corrected chi connectivity index (χ1v) is 16.7. The van der Waals surface area contributed by atoms with Crippen molar-refractivity contribution >= 4 is 17.9 Å². The monoisotopic (exact) mass is 729 g/mol. The lowest BCUT2D eigenvalue weighted by Gasteiger charge is -2.19. The van der Waals surface area contributed by atoms with Crippen LogP contribution in [0.25, 0.3) is 46.3 Å². The number of fused-ring (bicyclic) bond motifs is 16. The van der Waals surface area contributed by atoms with Crippen molar-refractivity contribution in [3.63, 3.8) is 0 Å². The molecule has 6 aromatic heterocycles. The van der Waals surface area contributed by atoms with E-state index in [0.29, 0.717) is 25.8 Å². The molecule has 19 heteroatoms. The quantitative estimate of drug-likeness (QED) is 0.169. The van der Waals surface area contributed by atoms with E-state index in [1.54, 1.807) is 20.8 Å². The molecule has 0 saturated carbocycles. The number of hydrogen-bond donors (Lipinski definition) is 3. The second-order valence-electron chi connectivity index (χ2n) is 13.4. The molecule has 0 spiro atoms. The number of carbonyl (C=O) groups is 3. The molecule has 3 amide bonds. The standard InChI is InChI=1S/C34H35N9O10/c1-16(2)24-32-42-23(15-52-32)31-41-20(14-51-31)28-37-18(10-47-28)25(44)36-17(8-6-7-9-35-33(46)53-34(3,4)5)27-39-22(12-49-27)30-40-21(13-50-30)29-38-19(11-48-29)26(45)43-24/h10-17,24H,6-9H2,1-5H3,(H,35,46)(H,36,44)(H,43,45)/t17-,24-/m0/s1. The molecule has 2 atom stereocenters. The first kappa shape index (κ1) is 34.9. The summed E-state index contributed by atoms with van der Waals surface area (Å²) in [5, 5.41) is 8.50. The molecule has 0 aromatic carbocycles. The fraction of sp³-hybridized carbons (Fsp3) is 0.382. The lowest BCUT2D eigenvalue weighted by atomic mass is 10.0. The van der Waals surface area contributed by atoms with Crippen molar-refractivity contribution in [2.24, 2.45) is 5.92 Å². The number of nitrogens with one attached hydrogen (secondary N) is 3. The largest absolute Gasteiger partial charge is 0.446 e. The average molecular weight is 730 g/mol.